The SMILES string of the molecule is O=C1COc2c(ccc(-c3cncc(F)c3)c2Cl)N1. The first-order valence-corrected chi connectivity index (χ1v) is 5.89. The average molecular weight is 279 g/mol. The Morgan fingerprint density at radius 1 is 1.37 bits per heavy atom. The summed E-state index contributed by atoms with van der Waals surface area (Å²) in [4.78, 5) is 15.0. The van der Waals surface area contributed by atoms with E-state index in [1.165, 1.54) is 12.3 Å². The standard InChI is InChI=1S/C13H8ClFN2O2/c14-12-9(7-3-8(15)5-16-4-7)1-2-10-13(12)19-6-11(18)17-10/h1-5H,6H2,(H,17,18). The molecule has 4 nitrogen and oxygen atoms in total. The molecule has 0 bridgehead atoms. The van der Waals surface area contributed by atoms with Gasteiger partial charge in [0.15, 0.2) is 12.4 Å². The lowest BCUT2D eigenvalue weighted by Gasteiger charge is -2.20. The van der Waals surface area contributed by atoms with Gasteiger partial charge in [-0.2, -0.15) is 0 Å². The summed E-state index contributed by atoms with van der Waals surface area (Å²) in [7, 11) is 0. The summed E-state index contributed by atoms with van der Waals surface area (Å²) in [6.45, 7) is -0.0857. The van der Waals surface area contributed by atoms with Gasteiger partial charge in [-0.15, -0.1) is 0 Å². The lowest BCUT2D eigenvalue weighted by atomic mass is 10.1. The Labute approximate surface area is 113 Å². The van der Waals surface area contributed by atoms with Crippen molar-refractivity contribution in [1.29, 1.82) is 0 Å². The molecule has 1 aliphatic heterocycles. The molecule has 1 N–H and O–H groups in total. The summed E-state index contributed by atoms with van der Waals surface area (Å²) in [5.41, 5.74) is 1.66. The zero-order chi connectivity index (χ0) is 13.4. The Morgan fingerprint density at radius 3 is 3.00 bits per heavy atom. The molecular formula is C13H8ClFN2O2. The van der Waals surface area contributed by atoms with Crippen LogP contribution in [0.25, 0.3) is 11.1 Å². The van der Waals surface area contributed by atoms with Crippen LogP contribution in [0.15, 0.2) is 30.6 Å². The van der Waals surface area contributed by atoms with Gasteiger partial charge in [-0.3, -0.25) is 9.78 Å². The minimum absolute atomic E-state index is 0.0857. The van der Waals surface area contributed by atoms with Gasteiger partial charge < -0.3 is 10.1 Å². The second kappa shape index (κ2) is 4.51. The molecule has 0 atom stereocenters. The van der Waals surface area contributed by atoms with Crippen LogP contribution in [0.5, 0.6) is 5.75 Å². The van der Waals surface area contributed by atoms with Crippen LogP contribution in [0, 0.1) is 5.82 Å². The van der Waals surface area contributed by atoms with Crippen LogP contribution in [0.4, 0.5) is 10.1 Å². The number of halogens is 2. The third kappa shape index (κ3) is 2.13. The Balaban J connectivity index is 2.12. The van der Waals surface area contributed by atoms with Crippen molar-refractivity contribution in [3.8, 4) is 16.9 Å². The van der Waals surface area contributed by atoms with Gasteiger partial charge in [-0.1, -0.05) is 17.7 Å². The highest BCUT2D eigenvalue weighted by Crippen LogP contribution is 2.41. The van der Waals surface area contributed by atoms with E-state index in [4.69, 9.17) is 16.3 Å². The van der Waals surface area contributed by atoms with Crippen LogP contribution in [-0.2, 0) is 4.79 Å². The number of anilines is 1. The van der Waals surface area contributed by atoms with Crippen molar-refractivity contribution in [1.82, 2.24) is 4.98 Å². The number of pyridine rings is 1. The normalized spacial score (nSPS) is 13.5. The number of carbonyl (C=O) groups is 1. The van der Waals surface area contributed by atoms with Gasteiger partial charge in [0.2, 0.25) is 0 Å². The topological polar surface area (TPSA) is 51.2 Å². The van der Waals surface area contributed by atoms with E-state index in [0.29, 0.717) is 27.6 Å². The average Bonchev–Trinajstić information content (AvgIpc) is 2.39. The summed E-state index contributed by atoms with van der Waals surface area (Å²) < 4.78 is 18.5. The number of rotatable bonds is 1. The van der Waals surface area contributed by atoms with Gasteiger partial charge in [0.1, 0.15) is 5.82 Å². The second-order valence-electron chi connectivity index (χ2n) is 4.03. The number of fused-ring (bicyclic) bond motifs is 1. The molecule has 2 aromatic rings. The van der Waals surface area contributed by atoms with E-state index in [0.717, 1.165) is 6.20 Å². The molecule has 1 aromatic heterocycles. The molecule has 1 aromatic carbocycles. The fourth-order valence-corrected chi connectivity index (χ4v) is 2.23. The minimum atomic E-state index is -0.444. The molecule has 0 unspecified atom stereocenters. The number of nitrogens with zero attached hydrogens (tertiary/aromatic N) is 1. The van der Waals surface area contributed by atoms with Gasteiger partial charge in [-0.05, 0) is 12.1 Å². The molecule has 96 valence electrons. The molecule has 0 saturated heterocycles. The molecule has 0 saturated carbocycles. The predicted molar refractivity (Wildman–Crippen MR) is 68.8 cm³/mol. The number of amides is 1. The van der Waals surface area contributed by atoms with Crippen LogP contribution in [0.1, 0.15) is 0 Å². The summed E-state index contributed by atoms with van der Waals surface area (Å²) in [5.74, 6) is -0.285. The number of aromatic nitrogens is 1. The smallest absolute Gasteiger partial charge is 0.262 e. The lowest BCUT2D eigenvalue weighted by Crippen LogP contribution is -2.25. The number of hydrogen-bond donors (Lipinski definition) is 1. The van der Waals surface area contributed by atoms with Crippen molar-refractivity contribution in [3.05, 3.63) is 41.4 Å². The molecule has 1 aliphatic rings. The molecule has 2 heterocycles. The van der Waals surface area contributed by atoms with Crippen LogP contribution in [0.2, 0.25) is 5.02 Å². The van der Waals surface area contributed by atoms with Crippen molar-refractivity contribution in [2.24, 2.45) is 0 Å². The third-order valence-electron chi connectivity index (χ3n) is 2.73. The molecule has 0 aliphatic carbocycles. The van der Waals surface area contributed by atoms with Gasteiger partial charge in [0, 0.05) is 17.3 Å². The van der Waals surface area contributed by atoms with E-state index < -0.39 is 5.82 Å². The first-order chi connectivity index (χ1) is 9.15. The summed E-state index contributed by atoms with van der Waals surface area (Å²) >= 11 is 6.23. The highest BCUT2D eigenvalue weighted by molar-refractivity contribution is 6.35. The van der Waals surface area contributed by atoms with E-state index in [2.05, 4.69) is 10.3 Å². The highest BCUT2D eigenvalue weighted by Gasteiger charge is 2.21. The zero-order valence-corrected chi connectivity index (χ0v) is 10.4. The Hall–Kier alpha value is -2.14. The van der Waals surface area contributed by atoms with Crippen molar-refractivity contribution < 1.29 is 13.9 Å². The van der Waals surface area contributed by atoms with E-state index in [-0.39, 0.29) is 12.5 Å². The second-order valence-corrected chi connectivity index (χ2v) is 4.41. The lowest BCUT2D eigenvalue weighted by molar-refractivity contribution is -0.118. The molecule has 3 rings (SSSR count). The molecule has 0 spiro atoms. The van der Waals surface area contributed by atoms with Crippen LogP contribution < -0.4 is 10.1 Å². The van der Waals surface area contributed by atoms with Gasteiger partial charge >= 0.3 is 0 Å². The maximum atomic E-state index is 13.2. The first kappa shape index (κ1) is 11.9. The molecule has 1 amide bonds. The van der Waals surface area contributed by atoms with Crippen molar-refractivity contribution in [2.75, 3.05) is 11.9 Å². The quantitative estimate of drug-likeness (QED) is 0.873. The maximum Gasteiger partial charge on any atom is 0.262 e. The van der Waals surface area contributed by atoms with Crippen molar-refractivity contribution >= 4 is 23.2 Å². The van der Waals surface area contributed by atoms with E-state index in [9.17, 15) is 9.18 Å². The number of carbonyl (C=O) groups excluding carboxylic acids is 1. The van der Waals surface area contributed by atoms with Crippen LogP contribution in [-0.4, -0.2) is 17.5 Å². The van der Waals surface area contributed by atoms with Gasteiger partial charge in [-0.25, -0.2) is 4.39 Å². The van der Waals surface area contributed by atoms with Crippen molar-refractivity contribution in [3.63, 3.8) is 0 Å². The molecule has 0 radical (unpaired) electrons. The monoisotopic (exact) mass is 278 g/mol. The van der Waals surface area contributed by atoms with Crippen LogP contribution >= 0.6 is 11.6 Å². The molecule has 19 heavy (non-hydrogen) atoms. The first-order valence-electron chi connectivity index (χ1n) is 5.51. The third-order valence-corrected chi connectivity index (χ3v) is 3.11. The predicted octanol–water partition coefficient (Wildman–Crippen LogP) is 2.87. The maximum absolute atomic E-state index is 13.2. The Bertz CT molecular complexity index is 676. The number of benzene rings is 1. The fraction of sp³-hybridized carbons (Fsp3) is 0.0769. The van der Waals surface area contributed by atoms with E-state index in [1.54, 1.807) is 12.1 Å². The Morgan fingerprint density at radius 2 is 2.21 bits per heavy atom. The molecular weight excluding hydrogens is 271 g/mol. The molecule has 0 fully saturated rings. The fourth-order valence-electron chi connectivity index (χ4n) is 1.90. The number of ether oxygens (including phenoxy) is 1. The summed E-state index contributed by atoms with van der Waals surface area (Å²) in [5, 5.41) is 2.98. The molecule has 6 heteroatoms. The van der Waals surface area contributed by atoms with E-state index >= 15 is 0 Å². The summed E-state index contributed by atoms with van der Waals surface area (Å²) in [6.07, 6.45) is 2.63. The van der Waals surface area contributed by atoms with Gasteiger partial charge in [0.05, 0.1) is 16.9 Å². The van der Waals surface area contributed by atoms with Crippen molar-refractivity contribution in [2.45, 2.75) is 0 Å². The number of nitrogens with one attached hydrogen (secondary N) is 1. The van der Waals surface area contributed by atoms with Crippen LogP contribution in [0.3, 0.4) is 0 Å². The minimum Gasteiger partial charge on any atom is -0.480 e. The zero-order valence-electron chi connectivity index (χ0n) is 9.61. The Kier molecular flexibility index (Phi) is 2.83. The van der Waals surface area contributed by atoms with Gasteiger partial charge in [0.25, 0.3) is 5.91 Å². The van der Waals surface area contributed by atoms with E-state index in [1.807, 2.05) is 0 Å². The summed E-state index contributed by atoms with van der Waals surface area (Å²) in [6, 6.07) is 4.69. The largest absolute Gasteiger partial charge is 0.480 e. The number of hydrogen-bond acceptors (Lipinski definition) is 3. The highest BCUT2D eigenvalue weighted by atomic mass is 35.5.